The molecule has 1 aliphatic rings. The van der Waals surface area contributed by atoms with Crippen molar-refractivity contribution in [2.24, 2.45) is 0 Å². The van der Waals surface area contributed by atoms with Crippen molar-refractivity contribution in [1.82, 2.24) is 15.3 Å². The molecule has 0 saturated carbocycles. The number of hydrogen-bond acceptors (Lipinski definition) is 3. The van der Waals surface area contributed by atoms with E-state index in [9.17, 15) is 9.18 Å². The Morgan fingerprint density at radius 3 is 2.21 bits per heavy atom. The van der Waals surface area contributed by atoms with Gasteiger partial charge in [0.05, 0.1) is 0 Å². The Morgan fingerprint density at radius 1 is 1.29 bits per heavy atom. The summed E-state index contributed by atoms with van der Waals surface area (Å²) in [4.78, 5) is 13.4. The zero-order valence-corrected chi connectivity index (χ0v) is 9.01. The molecule has 0 bridgehead atoms. The van der Waals surface area contributed by atoms with Crippen molar-refractivity contribution in [1.29, 1.82) is 0 Å². The van der Waals surface area contributed by atoms with Gasteiger partial charge in [-0.1, -0.05) is 0 Å². The van der Waals surface area contributed by atoms with Gasteiger partial charge in [-0.3, -0.25) is 10.2 Å². The van der Waals surface area contributed by atoms with Gasteiger partial charge in [0.2, 0.25) is 0 Å². The highest BCUT2D eigenvalue weighted by atomic mass is 19.1. The van der Waals surface area contributed by atoms with Crippen LogP contribution in [0.25, 0.3) is 0 Å². The molecule has 82 valence electrons. The van der Waals surface area contributed by atoms with Gasteiger partial charge in [-0.2, -0.15) is 0 Å². The first-order valence-electron chi connectivity index (χ1n) is 4.83. The number of carbonyl (C=O) groups is 1. The molecule has 0 aromatic carbocycles. The second-order valence-corrected chi connectivity index (χ2v) is 4.20. The normalized spacial score (nSPS) is 20.9. The highest BCUT2D eigenvalue weighted by Crippen LogP contribution is 2.08. The second kappa shape index (κ2) is 4.23. The number of piperazine rings is 1. The molecular formula is C9H18FN3O. The van der Waals surface area contributed by atoms with E-state index >= 15 is 0 Å². The fourth-order valence-corrected chi connectivity index (χ4v) is 1.19. The lowest BCUT2D eigenvalue weighted by Gasteiger charge is -2.33. The van der Waals surface area contributed by atoms with Gasteiger partial charge in [0, 0.05) is 26.2 Å². The number of rotatable bonds is 2. The lowest BCUT2D eigenvalue weighted by atomic mass is 10.1. The molecule has 4 nitrogen and oxygen atoms in total. The number of amides is 1. The third-order valence-corrected chi connectivity index (χ3v) is 2.30. The van der Waals surface area contributed by atoms with Crippen LogP contribution in [0.4, 0.5) is 4.39 Å². The SMILES string of the molecule is CN1CCN(NC(=O)C(C)(C)F)CC1. The molecule has 0 spiro atoms. The van der Waals surface area contributed by atoms with E-state index in [1.54, 1.807) is 5.01 Å². The Labute approximate surface area is 84.0 Å². The average molecular weight is 203 g/mol. The van der Waals surface area contributed by atoms with E-state index in [1.807, 2.05) is 7.05 Å². The lowest BCUT2D eigenvalue weighted by molar-refractivity contribution is -0.136. The number of carbonyl (C=O) groups excluding carboxylic acids is 1. The third-order valence-electron chi connectivity index (χ3n) is 2.30. The van der Waals surface area contributed by atoms with Crippen molar-refractivity contribution < 1.29 is 9.18 Å². The maximum Gasteiger partial charge on any atom is 0.271 e. The van der Waals surface area contributed by atoms with Crippen molar-refractivity contribution in [3.8, 4) is 0 Å². The Balaban J connectivity index is 2.35. The molecule has 0 atom stereocenters. The summed E-state index contributed by atoms with van der Waals surface area (Å²) in [6.45, 7) is 5.81. The molecule has 0 aromatic heterocycles. The Bertz CT molecular complexity index is 207. The summed E-state index contributed by atoms with van der Waals surface area (Å²) in [5, 5.41) is 1.77. The van der Waals surface area contributed by atoms with Gasteiger partial charge in [0.25, 0.3) is 5.91 Å². The molecule has 0 aromatic rings. The van der Waals surface area contributed by atoms with Crippen LogP contribution < -0.4 is 5.43 Å². The van der Waals surface area contributed by atoms with Crippen LogP contribution in [-0.4, -0.2) is 54.7 Å². The van der Waals surface area contributed by atoms with Gasteiger partial charge in [-0.05, 0) is 20.9 Å². The van der Waals surface area contributed by atoms with Crippen molar-refractivity contribution in [2.45, 2.75) is 19.5 Å². The predicted octanol–water partition coefficient (Wildman–Crippen LogP) is 0.0131. The molecule has 0 unspecified atom stereocenters. The maximum absolute atomic E-state index is 13.2. The molecule has 1 amide bonds. The number of hydrogen-bond donors (Lipinski definition) is 1. The largest absolute Gasteiger partial charge is 0.304 e. The minimum atomic E-state index is -1.80. The number of nitrogens with one attached hydrogen (secondary N) is 1. The van der Waals surface area contributed by atoms with Crippen LogP contribution in [0.1, 0.15) is 13.8 Å². The second-order valence-electron chi connectivity index (χ2n) is 4.20. The Hall–Kier alpha value is -0.680. The van der Waals surface area contributed by atoms with Gasteiger partial charge in [0.15, 0.2) is 5.67 Å². The molecule has 1 rings (SSSR count). The van der Waals surface area contributed by atoms with E-state index in [-0.39, 0.29) is 0 Å². The first-order valence-corrected chi connectivity index (χ1v) is 4.83. The van der Waals surface area contributed by atoms with Gasteiger partial charge in [0.1, 0.15) is 0 Å². The van der Waals surface area contributed by atoms with E-state index in [0.29, 0.717) is 0 Å². The van der Waals surface area contributed by atoms with Crippen LogP contribution in [-0.2, 0) is 4.79 Å². The summed E-state index contributed by atoms with van der Waals surface area (Å²) in [7, 11) is 2.03. The number of alkyl halides is 1. The molecular weight excluding hydrogens is 185 g/mol. The molecule has 1 heterocycles. The van der Waals surface area contributed by atoms with Gasteiger partial charge < -0.3 is 4.90 Å². The van der Waals surface area contributed by atoms with Gasteiger partial charge in [-0.25, -0.2) is 9.40 Å². The first kappa shape index (κ1) is 11.4. The van der Waals surface area contributed by atoms with E-state index < -0.39 is 11.6 Å². The van der Waals surface area contributed by atoms with Crippen molar-refractivity contribution in [2.75, 3.05) is 33.2 Å². The van der Waals surface area contributed by atoms with E-state index in [0.717, 1.165) is 26.2 Å². The van der Waals surface area contributed by atoms with Gasteiger partial charge >= 0.3 is 0 Å². The summed E-state index contributed by atoms with van der Waals surface area (Å²) in [6, 6.07) is 0. The monoisotopic (exact) mass is 203 g/mol. The fraction of sp³-hybridized carbons (Fsp3) is 0.889. The van der Waals surface area contributed by atoms with Gasteiger partial charge in [-0.15, -0.1) is 0 Å². The molecule has 1 fully saturated rings. The standard InChI is InChI=1S/C9H18FN3O/c1-9(2,10)8(14)11-13-6-4-12(3)5-7-13/h4-7H2,1-3H3,(H,11,14). The van der Waals surface area contributed by atoms with Crippen LogP contribution in [0.5, 0.6) is 0 Å². The number of nitrogens with zero attached hydrogens (tertiary/aromatic N) is 2. The highest BCUT2D eigenvalue weighted by Gasteiger charge is 2.28. The van der Waals surface area contributed by atoms with Crippen LogP contribution >= 0.6 is 0 Å². The molecule has 0 aliphatic carbocycles. The van der Waals surface area contributed by atoms with Crippen molar-refractivity contribution >= 4 is 5.91 Å². The third kappa shape index (κ3) is 3.23. The van der Waals surface area contributed by atoms with Crippen LogP contribution in [0.3, 0.4) is 0 Å². The molecule has 14 heavy (non-hydrogen) atoms. The van der Waals surface area contributed by atoms with E-state index in [1.165, 1.54) is 13.8 Å². The van der Waals surface area contributed by atoms with E-state index in [2.05, 4.69) is 10.3 Å². The molecule has 1 aliphatic heterocycles. The summed E-state index contributed by atoms with van der Waals surface area (Å²) in [6.07, 6.45) is 0. The first-order chi connectivity index (χ1) is 6.39. The van der Waals surface area contributed by atoms with E-state index in [4.69, 9.17) is 0 Å². The summed E-state index contributed by atoms with van der Waals surface area (Å²) >= 11 is 0. The zero-order valence-electron chi connectivity index (χ0n) is 9.01. The minimum absolute atomic E-state index is 0.568. The summed E-state index contributed by atoms with van der Waals surface area (Å²) in [5.41, 5.74) is 0.770. The zero-order chi connectivity index (χ0) is 10.8. The summed E-state index contributed by atoms with van der Waals surface area (Å²) in [5.74, 6) is -0.568. The average Bonchev–Trinajstić information content (AvgIpc) is 2.07. The number of hydrazine groups is 1. The summed E-state index contributed by atoms with van der Waals surface area (Å²) < 4.78 is 13.2. The van der Waals surface area contributed by atoms with Crippen molar-refractivity contribution in [3.05, 3.63) is 0 Å². The quantitative estimate of drug-likeness (QED) is 0.687. The predicted molar refractivity (Wildman–Crippen MR) is 52.4 cm³/mol. The minimum Gasteiger partial charge on any atom is -0.304 e. The molecule has 5 heteroatoms. The lowest BCUT2D eigenvalue weighted by Crippen LogP contribution is -2.55. The highest BCUT2D eigenvalue weighted by molar-refractivity contribution is 5.83. The topological polar surface area (TPSA) is 35.6 Å². The van der Waals surface area contributed by atoms with Crippen molar-refractivity contribution in [3.63, 3.8) is 0 Å². The molecule has 1 saturated heterocycles. The smallest absolute Gasteiger partial charge is 0.271 e. The molecule has 0 radical (unpaired) electrons. The van der Waals surface area contributed by atoms with Crippen LogP contribution in [0.2, 0.25) is 0 Å². The maximum atomic E-state index is 13.2. The van der Waals surface area contributed by atoms with Crippen LogP contribution in [0.15, 0.2) is 0 Å². The number of halogens is 1. The number of likely N-dealkylation sites (N-methyl/N-ethyl adjacent to an activating group) is 1. The Kier molecular flexibility index (Phi) is 3.44. The Morgan fingerprint density at radius 2 is 1.79 bits per heavy atom. The van der Waals surface area contributed by atoms with Crippen LogP contribution in [0, 0.1) is 0 Å². The fourth-order valence-electron chi connectivity index (χ4n) is 1.19. The molecule has 1 N–H and O–H groups in total.